The molecule has 7 heteroatoms. The zero-order valence-electron chi connectivity index (χ0n) is 12.3. The van der Waals surface area contributed by atoms with Crippen LogP contribution in [0.15, 0.2) is 42.5 Å². The van der Waals surface area contributed by atoms with Crippen LogP contribution in [0.1, 0.15) is 23.0 Å². The lowest BCUT2D eigenvalue weighted by Gasteiger charge is -2.21. The van der Waals surface area contributed by atoms with Crippen molar-refractivity contribution in [3.8, 4) is 11.5 Å². The molecule has 3 rings (SSSR count). The van der Waals surface area contributed by atoms with E-state index in [2.05, 4.69) is 0 Å². The fourth-order valence-electron chi connectivity index (χ4n) is 2.73. The van der Waals surface area contributed by atoms with Gasteiger partial charge in [-0.3, -0.25) is 9.59 Å². The second-order valence-electron chi connectivity index (χ2n) is 5.30. The fraction of sp³-hybridized carbons (Fsp3) is 0.176. The molecule has 2 unspecified atom stereocenters. The topological polar surface area (TPSA) is 93.1 Å². The van der Waals surface area contributed by atoms with Crippen LogP contribution in [0.4, 0.5) is 0 Å². The number of halogens is 1. The molecule has 0 aromatic heterocycles. The summed E-state index contributed by atoms with van der Waals surface area (Å²) in [4.78, 5) is 23.6. The standard InChI is InChI=1S/C17H13ClO6/c18-11-4-1-9(2-5-11)14(16(19)20)15(17(21)22)10-3-6-12-13(7-10)24-8-23-12/h1-7,14-15H,8H2,(H,19,20)(H,21,22). The van der Waals surface area contributed by atoms with Gasteiger partial charge in [0.1, 0.15) is 0 Å². The van der Waals surface area contributed by atoms with E-state index in [9.17, 15) is 19.8 Å². The summed E-state index contributed by atoms with van der Waals surface area (Å²) in [6.07, 6.45) is 0. The molecule has 2 aromatic carbocycles. The summed E-state index contributed by atoms with van der Waals surface area (Å²) in [6.45, 7) is 0.0517. The van der Waals surface area contributed by atoms with Crippen molar-refractivity contribution in [2.24, 2.45) is 0 Å². The second-order valence-corrected chi connectivity index (χ2v) is 5.73. The van der Waals surface area contributed by atoms with Gasteiger partial charge in [0.05, 0.1) is 11.8 Å². The number of carbonyl (C=O) groups is 2. The summed E-state index contributed by atoms with van der Waals surface area (Å²) in [5, 5.41) is 19.7. The summed E-state index contributed by atoms with van der Waals surface area (Å²) in [5.74, 6) is -4.11. The first-order valence-electron chi connectivity index (χ1n) is 7.08. The lowest BCUT2D eigenvalue weighted by molar-refractivity contribution is -0.147. The molecular formula is C17H13ClO6. The lowest BCUT2D eigenvalue weighted by Crippen LogP contribution is -2.26. The van der Waals surface area contributed by atoms with Gasteiger partial charge in [-0.25, -0.2) is 0 Å². The Morgan fingerprint density at radius 3 is 2.04 bits per heavy atom. The van der Waals surface area contributed by atoms with Gasteiger partial charge in [0.25, 0.3) is 0 Å². The van der Waals surface area contributed by atoms with Gasteiger partial charge in [0.2, 0.25) is 6.79 Å². The molecule has 0 aliphatic carbocycles. The second kappa shape index (κ2) is 6.41. The van der Waals surface area contributed by atoms with Gasteiger partial charge in [-0.05, 0) is 35.4 Å². The van der Waals surface area contributed by atoms with Crippen molar-refractivity contribution in [3.63, 3.8) is 0 Å². The van der Waals surface area contributed by atoms with Crippen molar-refractivity contribution in [2.75, 3.05) is 6.79 Å². The zero-order chi connectivity index (χ0) is 17.3. The number of ether oxygens (including phenoxy) is 2. The Balaban J connectivity index is 2.06. The maximum Gasteiger partial charge on any atom is 0.312 e. The van der Waals surface area contributed by atoms with E-state index in [0.29, 0.717) is 27.6 Å². The van der Waals surface area contributed by atoms with Gasteiger partial charge >= 0.3 is 11.9 Å². The third kappa shape index (κ3) is 3.00. The van der Waals surface area contributed by atoms with E-state index in [1.54, 1.807) is 6.07 Å². The molecule has 0 saturated carbocycles. The molecule has 124 valence electrons. The highest BCUT2D eigenvalue weighted by Crippen LogP contribution is 2.39. The van der Waals surface area contributed by atoms with E-state index in [-0.39, 0.29) is 6.79 Å². The van der Waals surface area contributed by atoms with Crippen LogP contribution in [-0.2, 0) is 9.59 Å². The Hall–Kier alpha value is -2.73. The Labute approximate surface area is 142 Å². The molecule has 0 fully saturated rings. The molecule has 0 amide bonds. The Kier molecular flexibility index (Phi) is 4.31. The fourth-order valence-corrected chi connectivity index (χ4v) is 2.86. The molecule has 24 heavy (non-hydrogen) atoms. The van der Waals surface area contributed by atoms with Gasteiger partial charge in [-0.1, -0.05) is 29.8 Å². The van der Waals surface area contributed by atoms with Crippen LogP contribution in [0.25, 0.3) is 0 Å². The van der Waals surface area contributed by atoms with E-state index in [1.165, 1.54) is 36.4 Å². The van der Waals surface area contributed by atoms with Crippen molar-refractivity contribution in [1.29, 1.82) is 0 Å². The first-order chi connectivity index (χ1) is 11.5. The van der Waals surface area contributed by atoms with Crippen molar-refractivity contribution in [3.05, 3.63) is 58.6 Å². The molecule has 0 bridgehead atoms. The molecule has 2 N–H and O–H groups in total. The lowest BCUT2D eigenvalue weighted by atomic mass is 9.81. The van der Waals surface area contributed by atoms with Crippen LogP contribution in [0, 0.1) is 0 Å². The molecule has 0 radical (unpaired) electrons. The monoisotopic (exact) mass is 348 g/mol. The van der Waals surface area contributed by atoms with Crippen LogP contribution in [-0.4, -0.2) is 28.9 Å². The summed E-state index contributed by atoms with van der Waals surface area (Å²) in [7, 11) is 0. The zero-order valence-corrected chi connectivity index (χ0v) is 13.1. The molecule has 1 aliphatic heterocycles. The molecule has 0 spiro atoms. The number of carboxylic acids is 2. The summed E-state index contributed by atoms with van der Waals surface area (Å²) in [6, 6.07) is 10.7. The number of rotatable bonds is 5. The molecule has 1 aliphatic rings. The van der Waals surface area contributed by atoms with Crippen LogP contribution in [0.3, 0.4) is 0 Å². The number of benzene rings is 2. The van der Waals surface area contributed by atoms with Crippen LogP contribution in [0.2, 0.25) is 5.02 Å². The molecule has 2 aromatic rings. The van der Waals surface area contributed by atoms with Gasteiger partial charge in [0.15, 0.2) is 11.5 Å². The molecule has 0 saturated heterocycles. The molecular weight excluding hydrogens is 336 g/mol. The van der Waals surface area contributed by atoms with Crippen LogP contribution in [0.5, 0.6) is 11.5 Å². The minimum atomic E-state index is -1.28. The summed E-state index contributed by atoms with van der Waals surface area (Å²) in [5.41, 5.74) is 0.686. The SMILES string of the molecule is O=C(O)C(c1ccc(Cl)cc1)C(C(=O)O)c1ccc2c(c1)OCO2. The first-order valence-corrected chi connectivity index (χ1v) is 7.46. The number of carboxylic acid groups (broad SMARTS) is 2. The smallest absolute Gasteiger partial charge is 0.312 e. The minimum absolute atomic E-state index is 0.0517. The van der Waals surface area contributed by atoms with Crippen LogP contribution >= 0.6 is 11.6 Å². The van der Waals surface area contributed by atoms with Gasteiger partial charge < -0.3 is 19.7 Å². The first kappa shape index (κ1) is 16.1. The molecule has 1 heterocycles. The Morgan fingerprint density at radius 2 is 1.42 bits per heavy atom. The van der Waals surface area contributed by atoms with Crippen molar-refractivity contribution in [1.82, 2.24) is 0 Å². The van der Waals surface area contributed by atoms with Gasteiger partial charge in [0, 0.05) is 5.02 Å². The number of fused-ring (bicyclic) bond motifs is 1. The molecule has 6 nitrogen and oxygen atoms in total. The van der Waals surface area contributed by atoms with E-state index in [1.807, 2.05) is 0 Å². The Morgan fingerprint density at radius 1 is 0.875 bits per heavy atom. The van der Waals surface area contributed by atoms with Gasteiger partial charge in [-0.15, -0.1) is 0 Å². The number of aliphatic carboxylic acids is 2. The Bertz CT molecular complexity index is 786. The van der Waals surface area contributed by atoms with Crippen molar-refractivity contribution >= 4 is 23.5 Å². The highest BCUT2D eigenvalue weighted by atomic mass is 35.5. The third-order valence-electron chi connectivity index (χ3n) is 3.85. The average Bonchev–Trinajstić information content (AvgIpc) is 3.00. The van der Waals surface area contributed by atoms with Gasteiger partial charge in [-0.2, -0.15) is 0 Å². The highest BCUT2D eigenvalue weighted by molar-refractivity contribution is 6.30. The number of hydrogen-bond acceptors (Lipinski definition) is 4. The predicted molar refractivity (Wildman–Crippen MR) is 84.8 cm³/mol. The van der Waals surface area contributed by atoms with E-state index in [4.69, 9.17) is 21.1 Å². The maximum absolute atomic E-state index is 11.8. The highest BCUT2D eigenvalue weighted by Gasteiger charge is 2.37. The summed E-state index contributed by atoms with van der Waals surface area (Å²) < 4.78 is 10.4. The number of hydrogen-bond donors (Lipinski definition) is 2. The van der Waals surface area contributed by atoms with E-state index < -0.39 is 23.8 Å². The van der Waals surface area contributed by atoms with Crippen LogP contribution < -0.4 is 9.47 Å². The quantitative estimate of drug-likeness (QED) is 0.862. The largest absolute Gasteiger partial charge is 0.481 e. The van der Waals surface area contributed by atoms with E-state index >= 15 is 0 Å². The predicted octanol–water partition coefficient (Wildman–Crippen LogP) is 3.11. The molecule has 2 atom stereocenters. The maximum atomic E-state index is 11.8. The average molecular weight is 349 g/mol. The summed E-state index contributed by atoms with van der Waals surface area (Å²) >= 11 is 5.82. The van der Waals surface area contributed by atoms with Crippen molar-refractivity contribution < 1.29 is 29.3 Å². The minimum Gasteiger partial charge on any atom is -0.481 e. The van der Waals surface area contributed by atoms with E-state index in [0.717, 1.165) is 0 Å². The van der Waals surface area contributed by atoms with Crippen molar-refractivity contribution in [2.45, 2.75) is 11.8 Å². The normalized spacial score (nSPS) is 14.9. The third-order valence-corrected chi connectivity index (χ3v) is 4.10.